The molecule has 1 aromatic heterocycles. The second kappa shape index (κ2) is 6.19. The third-order valence-corrected chi connectivity index (χ3v) is 5.11. The first-order valence-corrected chi connectivity index (χ1v) is 8.80. The summed E-state index contributed by atoms with van der Waals surface area (Å²) in [5.41, 5.74) is 0.801. The second-order valence-electron chi connectivity index (χ2n) is 5.20. The predicted octanol–water partition coefficient (Wildman–Crippen LogP) is 3.28. The number of aromatic nitrogens is 2. The van der Waals surface area contributed by atoms with Crippen LogP contribution in [0, 0.1) is 0 Å². The van der Waals surface area contributed by atoms with E-state index in [1.807, 2.05) is 6.26 Å². The molecule has 0 fully saturated rings. The number of hydrogen-bond donors (Lipinski definition) is 1. The lowest BCUT2D eigenvalue weighted by atomic mass is 9.86. The Bertz CT molecular complexity index is 867. The number of thioether (sulfide) groups is 1. The molecular formula is C15H13Cl2N3O2S. The van der Waals surface area contributed by atoms with Crippen molar-refractivity contribution in [2.75, 3.05) is 11.6 Å². The van der Waals surface area contributed by atoms with Gasteiger partial charge in [0.25, 0.3) is 5.56 Å². The van der Waals surface area contributed by atoms with Crippen LogP contribution in [0.25, 0.3) is 0 Å². The number of nitrogens with zero attached hydrogens (tertiary/aromatic N) is 2. The maximum Gasteiger partial charge on any atom is 0.279 e. The van der Waals surface area contributed by atoms with Gasteiger partial charge in [0.1, 0.15) is 5.82 Å². The molecule has 23 heavy (non-hydrogen) atoms. The van der Waals surface area contributed by atoms with Crippen LogP contribution in [-0.2, 0) is 11.8 Å². The van der Waals surface area contributed by atoms with Gasteiger partial charge in [-0.2, -0.15) is 4.98 Å². The Morgan fingerprint density at radius 1 is 1.35 bits per heavy atom. The van der Waals surface area contributed by atoms with E-state index >= 15 is 0 Å². The Labute approximate surface area is 147 Å². The molecule has 0 bridgehead atoms. The fraction of sp³-hybridized carbons (Fsp3) is 0.267. The predicted molar refractivity (Wildman–Crippen MR) is 92.8 cm³/mol. The summed E-state index contributed by atoms with van der Waals surface area (Å²) in [5.74, 6) is -0.131. The minimum absolute atomic E-state index is 0.143. The highest BCUT2D eigenvalue weighted by Crippen LogP contribution is 2.39. The molecule has 0 saturated carbocycles. The normalized spacial score (nSPS) is 16.9. The smallest absolute Gasteiger partial charge is 0.279 e. The van der Waals surface area contributed by atoms with Gasteiger partial charge in [-0.25, -0.2) is 0 Å². The maximum absolute atomic E-state index is 12.5. The molecule has 1 amide bonds. The molecule has 1 atom stereocenters. The van der Waals surface area contributed by atoms with Crippen molar-refractivity contribution in [2.24, 2.45) is 7.05 Å². The molecule has 1 aliphatic rings. The van der Waals surface area contributed by atoms with E-state index in [9.17, 15) is 9.59 Å². The van der Waals surface area contributed by atoms with Gasteiger partial charge in [-0.3, -0.25) is 9.59 Å². The molecule has 0 aliphatic carbocycles. The van der Waals surface area contributed by atoms with Gasteiger partial charge in [-0.15, -0.1) is 0 Å². The van der Waals surface area contributed by atoms with Crippen LogP contribution in [0.1, 0.15) is 23.5 Å². The number of nitrogens with one attached hydrogen (secondary N) is 1. The summed E-state index contributed by atoms with van der Waals surface area (Å²) in [7, 11) is 1.77. The molecule has 1 aliphatic heterocycles. The van der Waals surface area contributed by atoms with Gasteiger partial charge in [0, 0.05) is 29.4 Å². The van der Waals surface area contributed by atoms with Crippen molar-refractivity contribution in [1.29, 1.82) is 0 Å². The molecule has 0 saturated heterocycles. The van der Waals surface area contributed by atoms with Crippen LogP contribution in [0.4, 0.5) is 5.82 Å². The monoisotopic (exact) mass is 369 g/mol. The quantitative estimate of drug-likeness (QED) is 0.651. The van der Waals surface area contributed by atoms with Crippen molar-refractivity contribution in [2.45, 2.75) is 17.5 Å². The number of hydrogen-bond acceptors (Lipinski definition) is 4. The average molecular weight is 370 g/mol. The molecule has 8 heteroatoms. The van der Waals surface area contributed by atoms with Gasteiger partial charge >= 0.3 is 0 Å². The molecule has 2 aromatic rings. The van der Waals surface area contributed by atoms with Crippen molar-refractivity contribution >= 4 is 46.7 Å². The zero-order valence-electron chi connectivity index (χ0n) is 12.4. The van der Waals surface area contributed by atoms with Gasteiger partial charge in [-0.05, 0) is 24.0 Å². The summed E-state index contributed by atoms with van der Waals surface area (Å²) in [6.45, 7) is 0. The maximum atomic E-state index is 12.5. The molecule has 0 radical (unpaired) electrons. The Kier molecular flexibility index (Phi) is 4.40. The molecule has 2 heterocycles. The van der Waals surface area contributed by atoms with E-state index in [1.54, 1.807) is 29.8 Å². The van der Waals surface area contributed by atoms with Crippen LogP contribution in [-0.4, -0.2) is 21.7 Å². The van der Waals surface area contributed by atoms with E-state index in [4.69, 9.17) is 23.2 Å². The Morgan fingerprint density at radius 3 is 2.74 bits per heavy atom. The molecule has 1 aromatic carbocycles. The van der Waals surface area contributed by atoms with Crippen LogP contribution in [0.15, 0.2) is 28.2 Å². The molecule has 3 rings (SSSR count). The van der Waals surface area contributed by atoms with Crippen molar-refractivity contribution in [3.8, 4) is 0 Å². The van der Waals surface area contributed by atoms with Gasteiger partial charge in [-0.1, -0.05) is 41.0 Å². The minimum Gasteiger partial charge on any atom is -0.312 e. The first kappa shape index (κ1) is 16.4. The van der Waals surface area contributed by atoms with E-state index in [2.05, 4.69) is 10.3 Å². The highest BCUT2D eigenvalue weighted by molar-refractivity contribution is 7.98. The number of carbonyl (C=O) groups excluding carboxylic acids is 1. The molecule has 5 nitrogen and oxygen atoms in total. The van der Waals surface area contributed by atoms with Crippen molar-refractivity contribution in [3.05, 3.63) is 49.7 Å². The van der Waals surface area contributed by atoms with Crippen LogP contribution >= 0.6 is 35.0 Å². The van der Waals surface area contributed by atoms with Crippen molar-refractivity contribution in [3.63, 3.8) is 0 Å². The average Bonchev–Trinajstić information content (AvgIpc) is 2.50. The Hall–Kier alpha value is -1.50. The van der Waals surface area contributed by atoms with E-state index in [0.29, 0.717) is 32.1 Å². The van der Waals surface area contributed by atoms with Gasteiger partial charge in [0.05, 0.1) is 5.56 Å². The lowest BCUT2D eigenvalue weighted by Gasteiger charge is -2.27. The number of rotatable bonds is 2. The zero-order valence-corrected chi connectivity index (χ0v) is 14.7. The molecule has 120 valence electrons. The van der Waals surface area contributed by atoms with Gasteiger partial charge in [0.15, 0.2) is 5.16 Å². The zero-order chi connectivity index (χ0) is 16.7. The SMILES string of the molecule is CSc1nc(=O)c2c(n1C)NC(=O)C[C@H]2c1ccc(Cl)cc1Cl. The Balaban J connectivity index is 2.25. The first-order chi connectivity index (χ1) is 10.9. The number of fused-ring (bicyclic) bond motifs is 1. The van der Waals surface area contributed by atoms with Crippen LogP contribution in [0.5, 0.6) is 0 Å². The second-order valence-corrected chi connectivity index (χ2v) is 6.81. The highest BCUT2D eigenvalue weighted by Gasteiger charge is 2.33. The number of amides is 1. The number of carbonyl (C=O) groups is 1. The summed E-state index contributed by atoms with van der Waals surface area (Å²) in [4.78, 5) is 28.7. The van der Waals surface area contributed by atoms with Crippen LogP contribution < -0.4 is 10.9 Å². The molecule has 0 spiro atoms. The summed E-state index contributed by atoms with van der Waals surface area (Å²) in [5, 5.41) is 4.25. The molecule has 1 N–H and O–H groups in total. The standard InChI is InChI=1S/C15H13Cl2N3O2S/c1-20-13-12(14(22)19-15(20)23-2)9(6-11(21)18-13)8-4-3-7(16)5-10(8)17/h3-5,9H,6H2,1-2H3,(H,18,21)/t9-/m0/s1. The Morgan fingerprint density at radius 2 is 2.09 bits per heavy atom. The highest BCUT2D eigenvalue weighted by atomic mass is 35.5. The van der Waals surface area contributed by atoms with Crippen LogP contribution in [0.3, 0.4) is 0 Å². The summed E-state index contributed by atoms with van der Waals surface area (Å²) >= 11 is 13.6. The number of anilines is 1. The fourth-order valence-electron chi connectivity index (χ4n) is 2.77. The van der Waals surface area contributed by atoms with Crippen molar-refractivity contribution in [1.82, 2.24) is 9.55 Å². The number of halogens is 2. The van der Waals surface area contributed by atoms with E-state index < -0.39 is 5.92 Å². The topological polar surface area (TPSA) is 64.0 Å². The van der Waals surface area contributed by atoms with E-state index in [1.165, 1.54) is 11.8 Å². The minimum atomic E-state index is -0.439. The third-order valence-electron chi connectivity index (χ3n) is 3.82. The lowest BCUT2D eigenvalue weighted by Crippen LogP contribution is -2.33. The fourth-order valence-corrected chi connectivity index (χ4v) is 3.85. The van der Waals surface area contributed by atoms with E-state index in [0.717, 1.165) is 0 Å². The summed E-state index contributed by atoms with van der Waals surface area (Å²) in [6.07, 6.45) is 1.97. The summed E-state index contributed by atoms with van der Waals surface area (Å²) in [6, 6.07) is 5.06. The van der Waals surface area contributed by atoms with E-state index in [-0.39, 0.29) is 17.9 Å². The third kappa shape index (κ3) is 2.86. The molecular weight excluding hydrogens is 357 g/mol. The molecule has 0 unspecified atom stereocenters. The van der Waals surface area contributed by atoms with Crippen molar-refractivity contribution < 1.29 is 4.79 Å². The van der Waals surface area contributed by atoms with Gasteiger partial charge < -0.3 is 9.88 Å². The largest absolute Gasteiger partial charge is 0.312 e. The van der Waals surface area contributed by atoms with Gasteiger partial charge in [0.2, 0.25) is 5.91 Å². The summed E-state index contributed by atoms with van der Waals surface area (Å²) < 4.78 is 1.72. The van der Waals surface area contributed by atoms with Crippen LogP contribution in [0.2, 0.25) is 10.0 Å². The number of benzene rings is 1. The lowest BCUT2D eigenvalue weighted by molar-refractivity contribution is -0.116. The first-order valence-electron chi connectivity index (χ1n) is 6.82.